The third-order valence-corrected chi connectivity index (χ3v) is 6.14. The molecule has 3 aromatic rings. The van der Waals surface area contributed by atoms with Gasteiger partial charge in [0, 0.05) is 24.4 Å². The number of rotatable bonds is 7. The zero-order valence-electron chi connectivity index (χ0n) is 16.3. The van der Waals surface area contributed by atoms with Gasteiger partial charge in [0.15, 0.2) is 16.3 Å². The average Bonchev–Trinajstić information content (AvgIpc) is 3.29. The van der Waals surface area contributed by atoms with Gasteiger partial charge in [0.2, 0.25) is 6.79 Å². The Labute approximate surface area is 177 Å². The van der Waals surface area contributed by atoms with Crippen LogP contribution in [0.5, 0.6) is 17.2 Å². The zero-order valence-corrected chi connectivity index (χ0v) is 18.0. The van der Waals surface area contributed by atoms with Crippen LogP contribution in [0.4, 0.5) is 0 Å². The van der Waals surface area contributed by atoms with E-state index >= 15 is 0 Å². The Kier molecular flexibility index (Phi) is 6.10. The molecule has 1 aromatic heterocycles. The van der Waals surface area contributed by atoms with Crippen molar-refractivity contribution in [3.05, 3.63) is 46.8 Å². The highest BCUT2D eigenvalue weighted by molar-refractivity contribution is 7.98. The van der Waals surface area contributed by atoms with E-state index in [4.69, 9.17) is 14.2 Å². The van der Waals surface area contributed by atoms with Crippen LogP contribution in [-0.2, 0) is 17.8 Å². The highest BCUT2D eigenvalue weighted by Gasteiger charge is 2.18. The Bertz CT molecular complexity index is 1090. The van der Waals surface area contributed by atoms with Gasteiger partial charge < -0.3 is 18.8 Å². The van der Waals surface area contributed by atoms with Gasteiger partial charge in [-0.3, -0.25) is 4.79 Å². The van der Waals surface area contributed by atoms with Crippen molar-refractivity contribution >= 4 is 39.2 Å². The van der Waals surface area contributed by atoms with Gasteiger partial charge in [0.1, 0.15) is 5.75 Å². The monoisotopic (exact) mass is 430 g/mol. The number of fused-ring (bicyclic) bond motifs is 2. The lowest BCUT2D eigenvalue weighted by Crippen LogP contribution is -2.18. The molecule has 0 saturated heterocycles. The predicted molar refractivity (Wildman–Crippen MR) is 116 cm³/mol. The Hall–Kier alpha value is -2.45. The summed E-state index contributed by atoms with van der Waals surface area (Å²) < 4.78 is 19.6. The molecule has 0 atom stereocenters. The van der Waals surface area contributed by atoms with Crippen LogP contribution in [-0.4, -0.2) is 35.9 Å². The number of carbonyl (C=O) groups is 1. The van der Waals surface area contributed by atoms with Gasteiger partial charge in [0.25, 0.3) is 5.91 Å². The van der Waals surface area contributed by atoms with Gasteiger partial charge in [-0.15, -0.1) is 0 Å². The Morgan fingerprint density at radius 2 is 2.00 bits per heavy atom. The number of hydrogen-bond acceptors (Lipinski definition) is 6. The molecule has 0 radical (unpaired) electrons. The molecule has 29 heavy (non-hydrogen) atoms. The van der Waals surface area contributed by atoms with Crippen LogP contribution in [0.3, 0.4) is 0 Å². The van der Waals surface area contributed by atoms with Crippen LogP contribution in [0.1, 0.15) is 12.5 Å². The lowest BCUT2D eigenvalue weighted by molar-refractivity contribution is -0.117. The summed E-state index contributed by atoms with van der Waals surface area (Å²) >= 11 is 3.26. The standard InChI is InChI=1S/C21H22N2O4S2/c1-3-25-15-6-4-14(5-7-15)10-20(24)22-21-23(8-9-28-2)16-11-17-18(27-13-26-17)12-19(16)29-21/h4-7,11-12H,3,8-10,13H2,1-2H3. The normalized spacial score (nSPS) is 13.2. The van der Waals surface area contributed by atoms with E-state index in [1.54, 1.807) is 11.8 Å². The fourth-order valence-electron chi connectivity index (χ4n) is 3.13. The van der Waals surface area contributed by atoms with Gasteiger partial charge >= 0.3 is 0 Å². The molecule has 1 amide bonds. The molecule has 6 nitrogen and oxygen atoms in total. The van der Waals surface area contributed by atoms with E-state index in [1.165, 1.54) is 11.3 Å². The molecule has 4 rings (SSSR count). The van der Waals surface area contributed by atoms with E-state index < -0.39 is 0 Å². The summed E-state index contributed by atoms with van der Waals surface area (Å²) in [7, 11) is 0. The molecule has 0 bridgehead atoms. The second kappa shape index (κ2) is 8.92. The van der Waals surface area contributed by atoms with Gasteiger partial charge in [-0.2, -0.15) is 16.8 Å². The number of carbonyl (C=O) groups excluding carboxylic acids is 1. The number of thiazole rings is 1. The molecule has 8 heteroatoms. The summed E-state index contributed by atoms with van der Waals surface area (Å²) in [5.41, 5.74) is 1.93. The Morgan fingerprint density at radius 3 is 2.72 bits per heavy atom. The van der Waals surface area contributed by atoms with E-state index in [0.717, 1.165) is 45.3 Å². The first kappa shape index (κ1) is 19.8. The van der Waals surface area contributed by atoms with Crippen molar-refractivity contribution in [3.8, 4) is 17.2 Å². The van der Waals surface area contributed by atoms with E-state index in [9.17, 15) is 4.79 Å². The van der Waals surface area contributed by atoms with Crippen LogP contribution >= 0.6 is 23.1 Å². The number of nitrogens with zero attached hydrogens (tertiary/aromatic N) is 2. The summed E-state index contributed by atoms with van der Waals surface area (Å²) in [4.78, 5) is 17.8. The number of hydrogen-bond donors (Lipinski definition) is 0. The number of ether oxygens (including phenoxy) is 3. The number of thioether (sulfide) groups is 1. The lowest BCUT2D eigenvalue weighted by Gasteiger charge is -2.05. The maximum Gasteiger partial charge on any atom is 0.252 e. The van der Waals surface area contributed by atoms with Crippen molar-refractivity contribution in [1.82, 2.24) is 4.57 Å². The molecule has 0 spiro atoms. The molecule has 0 aliphatic carbocycles. The molecule has 2 aromatic carbocycles. The van der Waals surface area contributed by atoms with E-state index in [2.05, 4.69) is 15.8 Å². The molecule has 0 unspecified atom stereocenters. The minimum absolute atomic E-state index is 0.168. The van der Waals surface area contributed by atoms with E-state index in [-0.39, 0.29) is 19.1 Å². The summed E-state index contributed by atoms with van der Waals surface area (Å²) in [6.45, 7) is 3.58. The number of aromatic nitrogens is 1. The highest BCUT2D eigenvalue weighted by Crippen LogP contribution is 2.37. The lowest BCUT2D eigenvalue weighted by atomic mass is 10.1. The maximum absolute atomic E-state index is 12.6. The van der Waals surface area contributed by atoms with Crippen molar-refractivity contribution in [3.63, 3.8) is 0 Å². The summed E-state index contributed by atoms with van der Waals surface area (Å²) in [5.74, 6) is 3.04. The van der Waals surface area contributed by atoms with Crippen molar-refractivity contribution in [2.75, 3.05) is 25.4 Å². The first-order chi connectivity index (χ1) is 14.2. The third-order valence-electron chi connectivity index (χ3n) is 4.51. The molecule has 2 heterocycles. The van der Waals surface area contributed by atoms with Crippen molar-refractivity contribution in [1.29, 1.82) is 0 Å². The smallest absolute Gasteiger partial charge is 0.252 e. The first-order valence-electron chi connectivity index (χ1n) is 9.39. The van der Waals surface area contributed by atoms with Crippen molar-refractivity contribution in [2.24, 2.45) is 4.99 Å². The molecule has 1 aliphatic heterocycles. The summed E-state index contributed by atoms with van der Waals surface area (Å²) in [6, 6.07) is 11.5. The minimum atomic E-state index is -0.168. The van der Waals surface area contributed by atoms with Crippen LogP contribution in [0.15, 0.2) is 41.4 Å². The molecular formula is C21H22N2O4S2. The molecule has 0 saturated carbocycles. The van der Waals surface area contributed by atoms with Gasteiger partial charge in [-0.25, -0.2) is 0 Å². The molecule has 1 aliphatic rings. The topological polar surface area (TPSA) is 62.0 Å². The second-order valence-corrected chi connectivity index (χ2v) is 8.46. The average molecular weight is 431 g/mol. The van der Waals surface area contributed by atoms with Gasteiger partial charge in [-0.05, 0) is 30.9 Å². The predicted octanol–water partition coefficient (Wildman–Crippen LogP) is 3.86. The van der Waals surface area contributed by atoms with Crippen LogP contribution < -0.4 is 19.0 Å². The van der Waals surface area contributed by atoms with E-state index in [0.29, 0.717) is 11.4 Å². The van der Waals surface area contributed by atoms with Crippen LogP contribution in [0.2, 0.25) is 0 Å². The van der Waals surface area contributed by atoms with Crippen LogP contribution in [0, 0.1) is 0 Å². The minimum Gasteiger partial charge on any atom is -0.494 e. The maximum atomic E-state index is 12.6. The third kappa shape index (κ3) is 4.43. The Balaban J connectivity index is 1.64. The largest absolute Gasteiger partial charge is 0.494 e. The number of amides is 1. The summed E-state index contributed by atoms with van der Waals surface area (Å²) in [6.07, 6.45) is 2.32. The van der Waals surface area contributed by atoms with Crippen molar-refractivity contribution < 1.29 is 19.0 Å². The van der Waals surface area contributed by atoms with Crippen molar-refractivity contribution in [2.45, 2.75) is 19.9 Å². The van der Waals surface area contributed by atoms with Gasteiger partial charge in [-0.1, -0.05) is 23.5 Å². The second-order valence-electron chi connectivity index (χ2n) is 6.46. The first-order valence-corrected chi connectivity index (χ1v) is 11.6. The quantitative estimate of drug-likeness (QED) is 0.570. The highest BCUT2D eigenvalue weighted by atomic mass is 32.2. The van der Waals surface area contributed by atoms with Crippen LogP contribution in [0.25, 0.3) is 10.2 Å². The Morgan fingerprint density at radius 1 is 1.24 bits per heavy atom. The molecular weight excluding hydrogens is 408 g/mol. The number of benzene rings is 2. The number of aryl methyl sites for hydroxylation is 1. The van der Waals surface area contributed by atoms with E-state index in [1.807, 2.05) is 43.3 Å². The zero-order chi connectivity index (χ0) is 20.2. The molecule has 0 fully saturated rings. The fourth-order valence-corrected chi connectivity index (χ4v) is 4.58. The molecule has 0 N–H and O–H groups in total. The summed E-state index contributed by atoms with van der Waals surface area (Å²) in [5, 5.41) is 0. The SMILES string of the molecule is CCOc1ccc(CC(=O)N=c2sc3cc4c(cc3n2CCSC)OCO4)cc1. The van der Waals surface area contributed by atoms with Gasteiger partial charge in [0.05, 0.1) is 23.2 Å². The molecule has 152 valence electrons. The fraction of sp³-hybridized carbons (Fsp3) is 0.333.